The van der Waals surface area contributed by atoms with Gasteiger partial charge in [-0.05, 0) is 64.4 Å². The molecule has 0 fully saturated rings. The topological polar surface area (TPSA) is 26.0 Å². The highest BCUT2D eigenvalue weighted by Crippen LogP contribution is 2.42. The third-order valence-electron chi connectivity index (χ3n) is 5.81. The number of aryl methyl sites for hydroxylation is 2. The summed E-state index contributed by atoms with van der Waals surface area (Å²) in [4.78, 5) is 0. The summed E-state index contributed by atoms with van der Waals surface area (Å²) in [6.45, 7) is 0. The number of nitrogen functional groups attached to an aromatic ring is 1. The Morgan fingerprint density at radius 1 is 0.667 bits per heavy atom. The number of benzene rings is 4. The zero-order chi connectivity index (χ0) is 20.5. The van der Waals surface area contributed by atoms with Gasteiger partial charge in [-0.2, -0.15) is 0 Å². The number of hydrogen-bond acceptors (Lipinski definition) is 1. The highest BCUT2D eigenvalue weighted by atomic mass is 19.1. The van der Waals surface area contributed by atoms with Crippen LogP contribution in [0.25, 0.3) is 11.1 Å². The van der Waals surface area contributed by atoms with Crippen molar-refractivity contribution in [3.05, 3.63) is 136 Å². The van der Waals surface area contributed by atoms with Crippen LogP contribution in [0.5, 0.6) is 0 Å². The van der Waals surface area contributed by atoms with Crippen molar-refractivity contribution in [3.8, 4) is 0 Å². The number of halogens is 1. The van der Waals surface area contributed by atoms with Gasteiger partial charge in [0.05, 0.1) is 0 Å². The lowest BCUT2D eigenvalue weighted by Gasteiger charge is -2.20. The maximum Gasteiger partial charge on any atom is 0.131 e. The molecule has 5 rings (SSSR count). The summed E-state index contributed by atoms with van der Waals surface area (Å²) in [5, 5.41) is 0. The van der Waals surface area contributed by atoms with Crippen molar-refractivity contribution in [1.82, 2.24) is 0 Å². The fourth-order valence-electron chi connectivity index (χ4n) is 4.44. The van der Waals surface area contributed by atoms with Gasteiger partial charge in [0.2, 0.25) is 0 Å². The van der Waals surface area contributed by atoms with Crippen LogP contribution in [-0.4, -0.2) is 0 Å². The van der Waals surface area contributed by atoms with Crippen molar-refractivity contribution < 1.29 is 4.39 Å². The van der Waals surface area contributed by atoms with Crippen molar-refractivity contribution >= 4 is 16.8 Å². The molecular formula is C28H22FN. The van der Waals surface area contributed by atoms with Crippen molar-refractivity contribution in [2.24, 2.45) is 0 Å². The van der Waals surface area contributed by atoms with E-state index in [4.69, 9.17) is 5.73 Å². The molecule has 0 bridgehead atoms. The Hall–Kier alpha value is -3.65. The fourth-order valence-corrected chi connectivity index (χ4v) is 4.44. The third kappa shape index (κ3) is 3.21. The largest absolute Gasteiger partial charge is 0.399 e. The SMILES string of the molecule is Nc1cccc(C(=C2c3ccccc3CCc3ccccc32)c2ccccc2F)c1. The van der Waals surface area contributed by atoms with Crippen LogP contribution in [0.4, 0.5) is 10.1 Å². The molecule has 0 saturated carbocycles. The Kier molecular flexibility index (Phi) is 4.68. The van der Waals surface area contributed by atoms with Crippen LogP contribution in [0.3, 0.4) is 0 Å². The molecule has 146 valence electrons. The number of fused-ring (bicyclic) bond motifs is 2. The second-order valence-electron chi connectivity index (χ2n) is 7.67. The summed E-state index contributed by atoms with van der Waals surface area (Å²) in [6.07, 6.45) is 1.91. The van der Waals surface area contributed by atoms with Gasteiger partial charge in [-0.1, -0.05) is 78.9 Å². The Morgan fingerprint density at radius 2 is 1.27 bits per heavy atom. The van der Waals surface area contributed by atoms with E-state index in [0.717, 1.165) is 40.7 Å². The molecule has 1 aliphatic carbocycles. The molecule has 0 radical (unpaired) electrons. The van der Waals surface area contributed by atoms with Gasteiger partial charge < -0.3 is 5.73 Å². The second-order valence-corrected chi connectivity index (χ2v) is 7.67. The first-order valence-corrected chi connectivity index (χ1v) is 10.2. The Bertz CT molecular complexity index is 1220. The van der Waals surface area contributed by atoms with Crippen molar-refractivity contribution in [2.45, 2.75) is 12.8 Å². The maximum atomic E-state index is 15.2. The van der Waals surface area contributed by atoms with Gasteiger partial charge in [0.1, 0.15) is 5.82 Å². The molecule has 0 saturated heterocycles. The number of hydrogen-bond donors (Lipinski definition) is 1. The van der Waals surface area contributed by atoms with E-state index in [1.807, 2.05) is 36.4 Å². The van der Waals surface area contributed by atoms with E-state index in [2.05, 4.69) is 48.5 Å². The lowest BCUT2D eigenvalue weighted by Crippen LogP contribution is -2.01. The molecule has 0 aromatic heterocycles. The highest BCUT2D eigenvalue weighted by molar-refractivity contribution is 6.06. The van der Waals surface area contributed by atoms with E-state index >= 15 is 4.39 Å². The minimum absolute atomic E-state index is 0.235. The maximum absolute atomic E-state index is 15.2. The quantitative estimate of drug-likeness (QED) is 0.387. The van der Waals surface area contributed by atoms with E-state index in [1.54, 1.807) is 6.07 Å². The molecular weight excluding hydrogens is 369 g/mol. The first kappa shape index (κ1) is 18.4. The van der Waals surface area contributed by atoms with Crippen molar-refractivity contribution in [2.75, 3.05) is 5.73 Å². The number of nitrogens with two attached hydrogens (primary N) is 1. The lowest BCUT2D eigenvalue weighted by molar-refractivity contribution is 0.624. The fraction of sp³-hybridized carbons (Fsp3) is 0.0714. The van der Waals surface area contributed by atoms with Crippen LogP contribution in [0.15, 0.2) is 97.1 Å². The minimum Gasteiger partial charge on any atom is -0.399 e. The molecule has 0 spiro atoms. The molecule has 2 heteroatoms. The first-order valence-electron chi connectivity index (χ1n) is 10.2. The van der Waals surface area contributed by atoms with E-state index < -0.39 is 0 Å². The van der Waals surface area contributed by atoms with Crippen molar-refractivity contribution in [1.29, 1.82) is 0 Å². The van der Waals surface area contributed by atoms with E-state index in [1.165, 1.54) is 17.2 Å². The number of rotatable bonds is 2. The van der Waals surface area contributed by atoms with E-state index in [-0.39, 0.29) is 5.82 Å². The summed E-state index contributed by atoms with van der Waals surface area (Å²) >= 11 is 0. The van der Waals surface area contributed by atoms with Crippen LogP contribution in [0, 0.1) is 5.82 Å². The smallest absolute Gasteiger partial charge is 0.131 e. The zero-order valence-electron chi connectivity index (χ0n) is 16.6. The monoisotopic (exact) mass is 391 g/mol. The van der Waals surface area contributed by atoms with Crippen LogP contribution in [-0.2, 0) is 12.8 Å². The average molecular weight is 391 g/mol. The van der Waals surface area contributed by atoms with Crippen LogP contribution >= 0.6 is 0 Å². The summed E-state index contributed by atoms with van der Waals surface area (Å²) in [6, 6.07) is 31.7. The summed E-state index contributed by atoms with van der Waals surface area (Å²) in [5.41, 5.74) is 15.1. The molecule has 1 nitrogen and oxygen atoms in total. The van der Waals surface area contributed by atoms with Gasteiger partial charge in [-0.3, -0.25) is 0 Å². The Morgan fingerprint density at radius 3 is 1.90 bits per heavy atom. The molecule has 1 aliphatic rings. The normalized spacial score (nSPS) is 12.6. The second kappa shape index (κ2) is 7.64. The van der Waals surface area contributed by atoms with Gasteiger partial charge in [0, 0.05) is 16.8 Å². The van der Waals surface area contributed by atoms with Crippen LogP contribution in [0.1, 0.15) is 33.4 Å². The summed E-state index contributed by atoms with van der Waals surface area (Å²) < 4.78 is 15.2. The molecule has 0 atom stereocenters. The molecule has 4 aromatic rings. The molecule has 30 heavy (non-hydrogen) atoms. The Labute approximate surface area is 176 Å². The molecule has 2 N–H and O–H groups in total. The van der Waals surface area contributed by atoms with Crippen molar-refractivity contribution in [3.63, 3.8) is 0 Å². The van der Waals surface area contributed by atoms with Gasteiger partial charge in [0.25, 0.3) is 0 Å². The van der Waals surface area contributed by atoms with Gasteiger partial charge in [-0.15, -0.1) is 0 Å². The molecule has 4 aromatic carbocycles. The predicted molar refractivity (Wildman–Crippen MR) is 123 cm³/mol. The molecule has 0 heterocycles. The third-order valence-corrected chi connectivity index (χ3v) is 5.81. The lowest BCUT2D eigenvalue weighted by atomic mass is 9.84. The van der Waals surface area contributed by atoms with E-state index in [0.29, 0.717) is 11.3 Å². The van der Waals surface area contributed by atoms with Gasteiger partial charge in [0.15, 0.2) is 0 Å². The molecule has 0 unspecified atom stereocenters. The summed E-state index contributed by atoms with van der Waals surface area (Å²) in [5.74, 6) is -0.235. The minimum atomic E-state index is -0.235. The molecule has 0 aliphatic heterocycles. The highest BCUT2D eigenvalue weighted by Gasteiger charge is 2.24. The standard InChI is InChI=1S/C28H22FN/c29-26-15-6-5-14-25(26)27(21-10-7-11-22(30)18-21)28-23-12-3-1-8-19(23)16-17-20-9-2-4-13-24(20)28/h1-15,18H,16-17,30H2. The van der Waals surface area contributed by atoms with E-state index in [9.17, 15) is 0 Å². The van der Waals surface area contributed by atoms with Gasteiger partial charge >= 0.3 is 0 Å². The zero-order valence-corrected chi connectivity index (χ0v) is 16.6. The molecule has 0 amide bonds. The Balaban J connectivity index is 1.97. The predicted octanol–water partition coefficient (Wildman–Crippen LogP) is 6.51. The van der Waals surface area contributed by atoms with Gasteiger partial charge in [-0.25, -0.2) is 4.39 Å². The van der Waals surface area contributed by atoms with Crippen LogP contribution < -0.4 is 5.73 Å². The van der Waals surface area contributed by atoms with Crippen LogP contribution in [0.2, 0.25) is 0 Å². The number of anilines is 1. The average Bonchev–Trinajstić information content (AvgIpc) is 2.93. The first-order chi connectivity index (χ1) is 14.7. The summed E-state index contributed by atoms with van der Waals surface area (Å²) in [7, 11) is 0.